The first-order valence-corrected chi connectivity index (χ1v) is 7.01. The van der Waals surface area contributed by atoms with Crippen LogP contribution in [0.3, 0.4) is 0 Å². The van der Waals surface area contributed by atoms with Crippen molar-refractivity contribution in [3.63, 3.8) is 0 Å². The summed E-state index contributed by atoms with van der Waals surface area (Å²) in [7, 11) is 0. The van der Waals surface area contributed by atoms with Crippen LogP contribution in [0.2, 0.25) is 0 Å². The van der Waals surface area contributed by atoms with Crippen molar-refractivity contribution in [3.8, 4) is 0 Å². The van der Waals surface area contributed by atoms with Crippen molar-refractivity contribution in [2.24, 2.45) is 0 Å². The zero-order valence-electron chi connectivity index (χ0n) is 11.1. The molecule has 0 amide bonds. The fourth-order valence-electron chi connectivity index (χ4n) is 1.88. The van der Waals surface area contributed by atoms with E-state index in [0.29, 0.717) is 0 Å². The second-order valence-electron chi connectivity index (χ2n) is 4.50. The average Bonchev–Trinajstić information content (AvgIpc) is 2.31. The van der Waals surface area contributed by atoms with E-state index < -0.39 is 0 Å². The molecular formula is C16H28. The predicted molar refractivity (Wildman–Crippen MR) is 73.7 cm³/mol. The number of allylic oxidation sites excluding steroid dienone is 1. The number of rotatable bonds is 11. The molecule has 0 aromatic rings. The van der Waals surface area contributed by atoms with Crippen molar-refractivity contribution < 1.29 is 0 Å². The molecule has 0 aliphatic heterocycles. The summed E-state index contributed by atoms with van der Waals surface area (Å²) < 4.78 is 0. The van der Waals surface area contributed by atoms with Crippen molar-refractivity contribution >= 4 is 0 Å². The van der Waals surface area contributed by atoms with E-state index in [1.54, 1.807) is 0 Å². The van der Waals surface area contributed by atoms with E-state index in [9.17, 15) is 0 Å². The third-order valence-corrected chi connectivity index (χ3v) is 2.91. The minimum Gasteiger partial charge on any atom is -0.0785 e. The molecule has 0 aliphatic rings. The van der Waals surface area contributed by atoms with Crippen molar-refractivity contribution in [1.29, 1.82) is 0 Å². The molecular weight excluding hydrogens is 192 g/mol. The van der Waals surface area contributed by atoms with Crippen LogP contribution in [0.15, 0.2) is 24.1 Å². The lowest BCUT2D eigenvalue weighted by Gasteiger charge is -2.00. The van der Waals surface area contributed by atoms with Crippen LogP contribution >= 0.6 is 0 Å². The van der Waals surface area contributed by atoms with Gasteiger partial charge in [0.2, 0.25) is 0 Å². The Bertz CT molecular complexity index is 202. The SMILES string of the molecule is C=C=C=CCCCCCCCCCCCC. The molecule has 0 aromatic heterocycles. The van der Waals surface area contributed by atoms with Gasteiger partial charge < -0.3 is 0 Å². The summed E-state index contributed by atoms with van der Waals surface area (Å²) in [6.07, 6.45) is 17.2. The maximum absolute atomic E-state index is 3.48. The second-order valence-corrected chi connectivity index (χ2v) is 4.50. The van der Waals surface area contributed by atoms with Crippen molar-refractivity contribution in [2.75, 3.05) is 0 Å². The molecule has 0 nitrogen and oxygen atoms in total. The smallest absolute Gasteiger partial charge is 0.0268 e. The van der Waals surface area contributed by atoms with Gasteiger partial charge in [0.25, 0.3) is 0 Å². The van der Waals surface area contributed by atoms with Gasteiger partial charge in [0.1, 0.15) is 0 Å². The quantitative estimate of drug-likeness (QED) is 0.305. The number of unbranched alkanes of at least 4 members (excludes halogenated alkanes) is 10. The zero-order valence-corrected chi connectivity index (χ0v) is 11.1. The molecule has 0 unspecified atom stereocenters. The van der Waals surface area contributed by atoms with Crippen LogP contribution in [0.5, 0.6) is 0 Å². The first kappa shape index (κ1) is 15.3. The molecule has 0 radical (unpaired) electrons. The van der Waals surface area contributed by atoms with Gasteiger partial charge in [-0.2, -0.15) is 0 Å². The Hall–Kier alpha value is -0.700. The van der Waals surface area contributed by atoms with Gasteiger partial charge in [0, 0.05) is 0 Å². The van der Waals surface area contributed by atoms with E-state index in [1.807, 2.05) is 6.08 Å². The molecule has 0 spiro atoms. The minimum atomic E-state index is 1.14. The molecule has 16 heavy (non-hydrogen) atoms. The van der Waals surface area contributed by atoms with Gasteiger partial charge in [-0.1, -0.05) is 76.2 Å². The normalized spacial score (nSPS) is 9.56. The molecule has 0 aliphatic carbocycles. The van der Waals surface area contributed by atoms with E-state index in [4.69, 9.17) is 0 Å². The summed E-state index contributed by atoms with van der Waals surface area (Å²) in [5.74, 6) is 0. The molecule has 0 bridgehead atoms. The van der Waals surface area contributed by atoms with Crippen LogP contribution in [-0.2, 0) is 0 Å². The lowest BCUT2D eigenvalue weighted by Crippen LogP contribution is -1.81. The molecule has 0 saturated heterocycles. The van der Waals surface area contributed by atoms with Crippen LogP contribution < -0.4 is 0 Å². The van der Waals surface area contributed by atoms with E-state index in [0.717, 1.165) is 6.42 Å². The first-order chi connectivity index (χ1) is 7.91. The van der Waals surface area contributed by atoms with E-state index in [-0.39, 0.29) is 0 Å². The van der Waals surface area contributed by atoms with Crippen LogP contribution in [-0.4, -0.2) is 0 Å². The van der Waals surface area contributed by atoms with Gasteiger partial charge in [-0.05, 0) is 25.5 Å². The topological polar surface area (TPSA) is 0 Å². The summed E-state index contributed by atoms with van der Waals surface area (Å²) >= 11 is 0. The monoisotopic (exact) mass is 220 g/mol. The van der Waals surface area contributed by atoms with E-state index in [1.165, 1.54) is 64.2 Å². The third kappa shape index (κ3) is 13.3. The summed E-state index contributed by atoms with van der Waals surface area (Å²) in [6.45, 7) is 5.76. The van der Waals surface area contributed by atoms with Gasteiger partial charge in [0.15, 0.2) is 0 Å². The highest BCUT2D eigenvalue weighted by Crippen LogP contribution is 2.11. The lowest BCUT2D eigenvalue weighted by molar-refractivity contribution is 0.557. The highest BCUT2D eigenvalue weighted by Gasteiger charge is 1.91. The Morgan fingerprint density at radius 1 is 0.812 bits per heavy atom. The maximum atomic E-state index is 3.48. The van der Waals surface area contributed by atoms with Crippen LogP contribution in [0, 0.1) is 0 Å². The zero-order chi connectivity index (χ0) is 11.9. The van der Waals surface area contributed by atoms with Gasteiger partial charge in [-0.25, -0.2) is 0 Å². The highest BCUT2D eigenvalue weighted by atomic mass is 14.0. The first-order valence-electron chi connectivity index (χ1n) is 7.01. The molecule has 0 fully saturated rings. The largest absolute Gasteiger partial charge is 0.0785 e. The summed E-state index contributed by atoms with van der Waals surface area (Å²) in [6, 6.07) is 0. The van der Waals surface area contributed by atoms with Crippen LogP contribution in [0.25, 0.3) is 0 Å². The minimum absolute atomic E-state index is 1.14. The summed E-state index contributed by atoms with van der Waals surface area (Å²) in [5.41, 5.74) is 5.54. The Morgan fingerprint density at radius 2 is 1.31 bits per heavy atom. The molecule has 0 heteroatoms. The number of hydrogen-bond donors (Lipinski definition) is 0. The standard InChI is InChI=1S/C16H28/c1-3-5-7-9-11-13-15-16-14-12-10-8-6-4-2/h7H,1,4,6,8-16H2,2H3. The Morgan fingerprint density at radius 3 is 1.81 bits per heavy atom. The van der Waals surface area contributed by atoms with E-state index >= 15 is 0 Å². The molecule has 0 aromatic carbocycles. The average molecular weight is 220 g/mol. The highest BCUT2D eigenvalue weighted by molar-refractivity contribution is 4.80. The molecule has 0 heterocycles. The van der Waals surface area contributed by atoms with Crippen molar-refractivity contribution in [3.05, 3.63) is 24.1 Å². The van der Waals surface area contributed by atoms with Crippen LogP contribution in [0.1, 0.15) is 77.6 Å². The third-order valence-electron chi connectivity index (χ3n) is 2.91. The fraction of sp³-hybridized carbons (Fsp3) is 0.750. The van der Waals surface area contributed by atoms with Crippen LogP contribution in [0.4, 0.5) is 0 Å². The molecule has 92 valence electrons. The van der Waals surface area contributed by atoms with Crippen molar-refractivity contribution in [2.45, 2.75) is 77.6 Å². The van der Waals surface area contributed by atoms with E-state index in [2.05, 4.69) is 25.0 Å². The van der Waals surface area contributed by atoms with Crippen molar-refractivity contribution in [1.82, 2.24) is 0 Å². The summed E-state index contributed by atoms with van der Waals surface area (Å²) in [4.78, 5) is 0. The van der Waals surface area contributed by atoms with Gasteiger partial charge >= 0.3 is 0 Å². The molecule has 0 saturated carbocycles. The number of hydrogen-bond acceptors (Lipinski definition) is 0. The fourth-order valence-corrected chi connectivity index (χ4v) is 1.88. The van der Waals surface area contributed by atoms with Gasteiger partial charge in [-0.15, -0.1) is 0 Å². The van der Waals surface area contributed by atoms with Gasteiger partial charge in [0.05, 0.1) is 0 Å². The maximum Gasteiger partial charge on any atom is -0.0268 e. The molecule has 0 atom stereocenters. The molecule has 0 rings (SSSR count). The van der Waals surface area contributed by atoms with Gasteiger partial charge in [-0.3, -0.25) is 0 Å². The Labute approximate surface area is 102 Å². The molecule has 0 N–H and O–H groups in total. The second kappa shape index (κ2) is 14.3. The Kier molecular flexibility index (Phi) is 13.7. The summed E-state index contributed by atoms with van der Waals surface area (Å²) in [5, 5.41) is 0. The Balaban J connectivity index is 2.98. The lowest BCUT2D eigenvalue weighted by atomic mass is 10.1. The predicted octanol–water partition coefficient (Wildman–Crippen LogP) is 5.79.